The van der Waals surface area contributed by atoms with Crippen LogP contribution >= 0.6 is 0 Å². The van der Waals surface area contributed by atoms with Crippen LogP contribution in [0.1, 0.15) is 19.4 Å². The number of rotatable bonds is 4. The molecule has 0 unspecified atom stereocenters. The average molecular weight is 409 g/mol. The Hall–Kier alpha value is -3.06. The summed E-state index contributed by atoms with van der Waals surface area (Å²) in [5, 5.41) is 0.850. The van der Waals surface area contributed by atoms with E-state index in [1.54, 1.807) is 18.4 Å². The van der Waals surface area contributed by atoms with Gasteiger partial charge in [-0.1, -0.05) is 6.07 Å². The maximum absolute atomic E-state index is 13.6. The molecular weight excluding hydrogens is 385 g/mol. The molecule has 7 heteroatoms. The molecule has 1 fully saturated rings. The van der Waals surface area contributed by atoms with Gasteiger partial charge in [0.25, 0.3) is 0 Å². The Morgan fingerprint density at radius 1 is 1.17 bits per heavy atom. The van der Waals surface area contributed by atoms with Crippen LogP contribution in [-0.4, -0.2) is 41.6 Å². The van der Waals surface area contributed by atoms with Crippen molar-refractivity contribution in [2.45, 2.75) is 32.4 Å². The highest BCUT2D eigenvalue weighted by molar-refractivity contribution is 5.86. The second-order valence-electron chi connectivity index (χ2n) is 8.16. The number of hydrogen-bond acceptors (Lipinski definition) is 5. The first kappa shape index (κ1) is 18.9. The smallest absolute Gasteiger partial charge is 0.417 e. The highest BCUT2D eigenvalue weighted by Crippen LogP contribution is 2.29. The zero-order chi connectivity index (χ0) is 20.8. The van der Waals surface area contributed by atoms with Crippen molar-refractivity contribution in [2.24, 2.45) is 0 Å². The molecule has 1 aliphatic heterocycles. The van der Waals surface area contributed by atoms with Gasteiger partial charge in [-0.15, -0.1) is 0 Å². The van der Waals surface area contributed by atoms with E-state index in [9.17, 15) is 9.18 Å². The van der Waals surface area contributed by atoms with Crippen LogP contribution < -0.4 is 10.7 Å². The Morgan fingerprint density at radius 3 is 2.77 bits per heavy atom. The lowest BCUT2D eigenvalue weighted by Gasteiger charge is -2.45. The summed E-state index contributed by atoms with van der Waals surface area (Å²) in [6.07, 6.45) is 2.54. The Kier molecular flexibility index (Phi) is 4.62. The number of furan rings is 1. The van der Waals surface area contributed by atoms with E-state index < -0.39 is 5.76 Å². The summed E-state index contributed by atoms with van der Waals surface area (Å²) in [6, 6.07) is 11.1. The van der Waals surface area contributed by atoms with Gasteiger partial charge >= 0.3 is 5.76 Å². The van der Waals surface area contributed by atoms with E-state index in [1.807, 2.05) is 18.2 Å². The Morgan fingerprint density at radius 2 is 1.97 bits per heavy atom. The molecule has 0 aliphatic carbocycles. The molecule has 3 heterocycles. The van der Waals surface area contributed by atoms with E-state index >= 15 is 0 Å². The first-order valence-corrected chi connectivity index (χ1v) is 10.3. The highest BCUT2D eigenvalue weighted by Gasteiger charge is 2.30. The molecule has 1 saturated heterocycles. The largest absolute Gasteiger partial charge is 0.464 e. The first-order chi connectivity index (χ1) is 14.5. The predicted octanol–water partition coefficient (Wildman–Crippen LogP) is 4.15. The van der Waals surface area contributed by atoms with Crippen molar-refractivity contribution in [2.75, 3.05) is 24.5 Å². The van der Waals surface area contributed by atoms with Crippen LogP contribution in [0.3, 0.4) is 0 Å². The second kappa shape index (κ2) is 7.32. The van der Waals surface area contributed by atoms with Gasteiger partial charge in [0, 0.05) is 37.1 Å². The molecule has 30 heavy (non-hydrogen) atoms. The third-order valence-electron chi connectivity index (χ3n) is 6.12. The maximum Gasteiger partial charge on any atom is 0.417 e. The van der Waals surface area contributed by atoms with Crippen LogP contribution in [0.25, 0.3) is 22.1 Å². The SMILES string of the molecule is C[C@@H]1CN(c2cccc3[nH]c(=O)oc23)C[C@H](C)N1CCc1coc2ccc(F)cc12. The number of aromatic nitrogens is 1. The van der Waals surface area contributed by atoms with E-state index in [0.717, 1.165) is 53.8 Å². The minimum atomic E-state index is -0.430. The third kappa shape index (κ3) is 3.29. The molecular formula is C23H24FN3O3. The molecule has 2 aromatic carbocycles. The number of benzene rings is 2. The summed E-state index contributed by atoms with van der Waals surface area (Å²) in [5.41, 5.74) is 4.03. The molecule has 5 rings (SSSR count). The molecule has 0 amide bonds. The third-order valence-corrected chi connectivity index (χ3v) is 6.12. The topological polar surface area (TPSA) is 65.6 Å². The minimum absolute atomic E-state index is 0.244. The van der Waals surface area contributed by atoms with Crippen LogP contribution in [-0.2, 0) is 6.42 Å². The van der Waals surface area contributed by atoms with Crippen molar-refractivity contribution < 1.29 is 13.2 Å². The highest BCUT2D eigenvalue weighted by atomic mass is 19.1. The number of H-pyrrole nitrogens is 1. The molecule has 0 radical (unpaired) electrons. The lowest BCUT2D eigenvalue weighted by atomic mass is 10.0. The number of anilines is 1. The summed E-state index contributed by atoms with van der Waals surface area (Å²) < 4.78 is 24.6. The number of nitrogens with zero attached hydrogens (tertiary/aromatic N) is 2. The number of aromatic amines is 1. The van der Waals surface area contributed by atoms with Gasteiger partial charge in [0.2, 0.25) is 0 Å². The summed E-state index contributed by atoms with van der Waals surface area (Å²) in [7, 11) is 0. The van der Waals surface area contributed by atoms with Crippen LogP contribution in [0.15, 0.2) is 56.3 Å². The molecule has 1 aliphatic rings. The van der Waals surface area contributed by atoms with Gasteiger partial charge in [0.05, 0.1) is 17.5 Å². The standard InChI is InChI=1S/C23H24FN3O3/c1-14-11-26(20-5-3-4-19-22(20)30-23(28)25-19)12-15(2)27(14)9-8-16-13-29-21-7-6-17(24)10-18(16)21/h3-7,10,13-15H,8-9,11-12H2,1-2H3,(H,25,28)/t14-,15+. The van der Waals surface area contributed by atoms with Crippen LogP contribution in [0.5, 0.6) is 0 Å². The zero-order valence-corrected chi connectivity index (χ0v) is 17.0. The summed E-state index contributed by atoms with van der Waals surface area (Å²) in [4.78, 5) is 19.1. The van der Waals surface area contributed by atoms with E-state index in [4.69, 9.17) is 8.83 Å². The molecule has 4 aromatic rings. The molecule has 6 nitrogen and oxygen atoms in total. The first-order valence-electron chi connectivity index (χ1n) is 10.3. The summed E-state index contributed by atoms with van der Waals surface area (Å²) >= 11 is 0. The quantitative estimate of drug-likeness (QED) is 0.549. The van der Waals surface area contributed by atoms with E-state index in [-0.39, 0.29) is 5.82 Å². The Balaban J connectivity index is 1.33. The zero-order valence-electron chi connectivity index (χ0n) is 17.0. The van der Waals surface area contributed by atoms with Gasteiger partial charge in [-0.25, -0.2) is 9.18 Å². The fraction of sp³-hybridized carbons (Fsp3) is 0.348. The number of fused-ring (bicyclic) bond motifs is 2. The number of oxazole rings is 1. The molecule has 1 N–H and O–H groups in total. The van der Waals surface area contributed by atoms with Gasteiger partial charge in [0.15, 0.2) is 5.58 Å². The van der Waals surface area contributed by atoms with Crippen molar-refractivity contribution in [1.29, 1.82) is 0 Å². The number of para-hydroxylation sites is 1. The lowest BCUT2D eigenvalue weighted by molar-refractivity contribution is 0.133. The number of hydrogen-bond donors (Lipinski definition) is 1. The predicted molar refractivity (Wildman–Crippen MR) is 115 cm³/mol. The Bertz CT molecular complexity index is 1250. The lowest BCUT2D eigenvalue weighted by Crippen LogP contribution is -2.57. The van der Waals surface area contributed by atoms with Crippen LogP contribution in [0.2, 0.25) is 0 Å². The van der Waals surface area contributed by atoms with Crippen molar-refractivity contribution in [1.82, 2.24) is 9.88 Å². The molecule has 156 valence electrons. The van der Waals surface area contributed by atoms with E-state index in [0.29, 0.717) is 17.7 Å². The van der Waals surface area contributed by atoms with E-state index in [1.165, 1.54) is 6.07 Å². The average Bonchev–Trinajstić information content (AvgIpc) is 3.29. The summed E-state index contributed by atoms with van der Waals surface area (Å²) in [5.74, 6) is -0.674. The van der Waals surface area contributed by atoms with E-state index in [2.05, 4.69) is 28.6 Å². The van der Waals surface area contributed by atoms with Crippen molar-refractivity contribution in [3.05, 3.63) is 64.6 Å². The molecule has 0 spiro atoms. The van der Waals surface area contributed by atoms with Gasteiger partial charge < -0.3 is 13.7 Å². The number of halogens is 1. The molecule has 2 aromatic heterocycles. The number of nitrogens with one attached hydrogen (secondary N) is 1. The Labute approximate surface area is 172 Å². The fourth-order valence-electron chi connectivity index (χ4n) is 4.70. The molecule has 2 atom stereocenters. The van der Waals surface area contributed by atoms with Crippen molar-refractivity contribution in [3.8, 4) is 0 Å². The van der Waals surface area contributed by atoms with Crippen molar-refractivity contribution >= 4 is 27.8 Å². The summed E-state index contributed by atoms with van der Waals surface area (Å²) in [6.45, 7) is 6.95. The van der Waals surface area contributed by atoms with Gasteiger partial charge in [-0.2, -0.15) is 0 Å². The normalized spacial score (nSPS) is 20.4. The van der Waals surface area contributed by atoms with Crippen molar-refractivity contribution in [3.63, 3.8) is 0 Å². The van der Waals surface area contributed by atoms with Crippen LogP contribution in [0, 0.1) is 5.82 Å². The molecule has 0 bridgehead atoms. The monoisotopic (exact) mass is 409 g/mol. The fourth-order valence-corrected chi connectivity index (χ4v) is 4.70. The number of piperazine rings is 1. The second-order valence-corrected chi connectivity index (χ2v) is 8.16. The maximum atomic E-state index is 13.6. The van der Waals surface area contributed by atoms with Gasteiger partial charge in [-0.05, 0) is 56.2 Å². The van der Waals surface area contributed by atoms with Gasteiger partial charge in [0.1, 0.15) is 11.4 Å². The molecule has 0 saturated carbocycles. The minimum Gasteiger partial charge on any atom is -0.464 e. The van der Waals surface area contributed by atoms with Crippen LogP contribution in [0.4, 0.5) is 10.1 Å². The van der Waals surface area contributed by atoms with Gasteiger partial charge in [-0.3, -0.25) is 9.88 Å².